The van der Waals surface area contributed by atoms with Gasteiger partial charge in [-0.3, -0.25) is 4.98 Å². The number of alkyl halides is 3. The van der Waals surface area contributed by atoms with Gasteiger partial charge in [0, 0.05) is 23.3 Å². The molecule has 0 bridgehead atoms. The van der Waals surface area contributed by atoms with E-state index in [0.717, 1.165) is 17.0 Å². The van der Waals surface area contributed by atoms with E-state index in [2.05, 4.69) is 15.1 Å². The Morgan fingerprint density at radius 1 is 0.889 bits per heavy atom. The molecule has 6 nitrogen and oxygen atoms in total. The Hall–Kier alpha value is -4.24. The molecular weight excluding hydrogens is 469 g/mol. The highest BCUT2D eigenvalue weighted by Crippen LogP contribution is 2.38. The van der Waals surface area contributed by atoms with E-state index in [1.165, 1.54) is 12.3 Å². The zero-order chi connectivity index (χ0) is 25.3. The standard InChI is InChI=1S/C27H21F3N4O2/c1-36-22-12-3-2-10-20(22)24(34-26-19(16-33-34)9-5-14-32-26)17-7-4-8-18(15-17)25(35)23-21(27(28,29)30)11-6-13-31-23/h2-16,24-25,35H,1H3. The molecule has 5 rings (SSSR count). The maximum atomic E-state index is 13.6. The number of rotatable bonds is 6. The van der Waals surface area contributed by atoms with Gasteiger partial charge in [-0.2, -0.15) is 18.3 Å². The van der Waals surface area contributed by atoms with E-state index in [0.29, 0.717) is 17.0 Å². The van der Waals surface area contributed by atoms with Gasteiger partial charge in [0.2, 0.25) is 0 Å². The topological polar surface area (TPSA) is 73.1 Å². The molecule has 0 radical (unpaired) electrons. The molecule has 182 valence electrons. The highest BCUT2D eigenvalue weighted by molar-refractivity contribution is 5.74. The second-order valence-corrected chi connectivity index (χ2v) is 8.16. The monoisotopic (exact) mass is 490 g/mol. The maximum absolute atomic E-state index is 13.6. The fourth-order valence-corrected chi connectivity index (χ4v) is 4.35. The molecule has 5 aromatic rings. The van der Waals surface area contributed by atoms with Gasteiger partial charge in [0.15, 0.2) is 5.65 Å². The lowest BCUT2D eigenvalue weighted by Gasteiger charge is -2.23. The van der Waals surface area contributed by atoms with Crippen LogP contribution in [0.15, 0.2) is 91.4 Å². The third kappa shape index (κ3) is 4.29. The van der Waals surface area contributed by atoms with Gasteiger partial charge in [0.1, 0.15) is 17.9 Å². The second-order valence-electron chi connectivity index (χ2n) is 8.16. The van der Waals surface area contributed by atoms with Gasteiger partial charge < -0.3 is 9.84 Å². The quantitative estimate of drug-likeness (QED) is 0.337. The summed E-state index contributed by atoms with van der Waals surface area (Å²) in [6.07, 6.45) is -1.64. The lowest BCUT2D eigenvalue weighted by atomic mass is 9.93. The molecule has 0 amide bonds. The molecule has 3 aromatic heterocycles. The van der Waals surface area contributed by atoms with E-state index in [1.807, 2.05) is 42.5 Å². The summed E-state index contributed by atoms with van der Waals surface area (Å²) >= 11 is 0. The molecule has 2 aromatic carbocycles. The highest BCUT2D eigenvalue weighted by atomic mass is 19.4. The SMILES string of the molecule is COc1ccccc1C(c1cccc(C(O)c2ncccc2C(F)(F)F)c1)n1ncc2cccnc21. The second kappa shape index (κ2) is 9.43. The molecule has 2 unspecified atom stereocenters. The first-order valence-corrected chi connectivity index (χ1v) is 11.1. The molecule has 9 heteroatoms. The van der Waals surface area contributed by atoms with Crippen LogP contribution in [0.4, 0.5) is 13.2 Å². The highest BCUT2D eigenvalue weighted by Gasteiger charge is 2.36. The number of methoxy groups -OCH3 is 1. The molecule has 0 saturated carbocycles. The van der Waals surface area contributed by atoms with Crippen LogP contribution in [0.25, 0.3) is 11.0 Å². The minimum Gasteiger partial charge on any atom is -0.496 e. The molecule has 0 spiro atoms. The van der Waals surface area contributed by atoms with Crippen LogP contribution in [0.3, 0.4) is 0 Å². The zero-order valence-corrected chi connectivity index (χ0v) is 19.1. The summed E-state index contributed by atoms with van der Waals surface area (Å²) < 4.78 is 48.1. The third-order valence-electron chi connectivity index (χ3n) is 5.98. The number of pyridine rings is 2. The van der Waals surface area contributed by atoms with Crippen LogP contribution in [0, 0.1) is 0 Å². The average Bonchev–Trinajstić information content (AvgIpc) is 3.32. The lowest BCUT2D eigenvalue weighted by Crippen LogP contribution is -2.17. The van der Waals surface area contributed by atoms with E-state index in [1.54, 1.807) is 42.4 Å². The molecule has 0 aliphatic heterocycles. The predicted molar refractivity (Wildman–Crippen MR) is 128 cm³/mol. The summed E-state index contributed by atoms with van der Waals surface area (Å²) in [5, 5.41) is 16.4. The van der Waals surface area contributed by atoms with Crippen molar-refractivity contribution >= 4 is 11.0 Å². The van der Waals surface area contributed by atoms with Crippen molar-refractivity contribution in [2.24, 2.45) is 0 Å². The van der Waals surface area contributed by atoms with Crippen LogP contribution < -0.4 is 4.74 Å². The minimum absolute atomic E-state index is 0.265. The normalized spacial score (nSPS) is 13.5. The average molecular weight is 490 g/mol. The number of benzene rings is 2. The van der Waals surface area contributed by atoms with Gasteiger partial charge in [-0.05, 0) is 41.5 Å². The fraction of sp³-hybridized carbons (Fsp3) is 0.148. The number of ether oxygens (including phenoxy) is 1. The first kappa shape index (κ1) is 23.5. The molecule has 1 N–H and O–H groups in total. The van der Waals surface area contributed by atoms with Crippen molar-refractivity contribution in [2.75, 3.05) is 7.11 Å². The van der Waals surface area contributed by atoms with Crippen LogP contribution in [-0.4, -0.2) is 32.0 Å². The van der Waals surface area contributed by atoms with Crippen molar-refractivity contribution in [3.63, 3.8) is 0 Å². The summed E-state index contributed by atoms with van der Waals surface area (Å²) in [6, 6.07) is 19.5. The van der Waals surface area contributed by atoms with E-state index in [4.69, 9.17) is 4.74 Å². The van der Waals surface area contributed by atoms with Gasteiger partial charge >= 0.3 is 6.18 Å². The number of halogens is 3. The third-order valence-corrected chi connectivity index (χ3v) is 5.98. The lowest BCUT2D eigenvalue weighted by molar-refractivity contribution is -0.139. The number of para-hydroxylation sites is 1. The van der Waals surface area contributed by atoms with Crippen LogP contribution in [0.1, 0.15) is 40.1 Å². The number of hydrogen-bond acceptors (Lipinski definition) is 5. The zero-order valence-electron chi connectivity index (χ0n) is 19.1. The number of aliphatic hydroxyl groups excluding tert-OH is 1. The van der Waals surface area contributed by atoms with Gasteiger partial charge in [0.05, 0.1) is 24.6 Å². The van der Waals surface area contributed by atoms with Crippen molar-refractivity contribution < 1.29 is 23.0 Å². The molecule has 0 aliphatic rings. The Morgan fingerprint density at radius 3 is 2.44 bits per heavy atom. The summed E-state index contributed by atoms with van der Waals surface area (Å²) in [5.74, 6) is 0.608. The Balaban J connectivity index is 1.67. The Bertz CT molecular complexity index is 1520. The van der Waals surface area contributed by atoms with E-state index in [-0.39, 0.29) is 5.56 Å². The Morgan fingerprint density at radius 2 is 1.64 bits per heavy atom. The molecule has 0 fully saturated rings. The number of hydrogen-bond donors (Lipinski definition) is 1. The van der Waals surface area contributed by atoms with Gasteiger partial charge in [0.25, 0.3) is 0 Å². The summed E-state index contributed by atoms with van der Waals surface area (Å²) in [5.41, 5.74) is 0.908. The largest absolute Gasteiger partial charge is 0.496 e. The number of aromatic nitrogens is 4. The summed E-state index contributed by atoms with van der Waals surface area (Å²) in [4.78, 5) is 8.34. The predicted octanol–water partition coefficient (Wildman–Crippen LogP) is 5.57. The van der Waals surface area contributed by atoms with Crippen LogP contribution in [-0.2, 0) is 6.18 Å². The van der Waals surface area contributed by atoms with E-state index >= 15 is 0 Å². The van der Waals surface area contributed by atoms with Gasteiger partial charge in [-0.1, -0.05) is 42.5 Å². The number of aliphatic hydroxyl groups is 1. The van der Waals surface area contributed by atoms with Crippen LogP contribution in [0.2, 0.25) is 0 Å². The smallest absolute Gasteiger partial charge is 0.418 e. The molecule has 0 saturated heterocycles. The Kier molecular flexibility index (Phi) is 6.15. The van der Waals surface area contributed by atoms with Crippen molar-refractivity contribution in [2.45, 2.75) is 18.3 Å². The van der Waals surface area contributed by atoms with Crippen molar-refractivity contribution in [1.29, 1.82) is 0 Å². The summed E-state index contributed by atoms with van der Waals surface area (Å²) in [7, 11) is 1.56. The van der Waals surface area contributed by atoms with Crippen LogP contribution in [0.5, 0.6) is 5.75 Å². The minimum atomic E-state index is -4.65. The molecule has 3 heterocycles. The van der Waals surface area contributed by atoms with Crippen LogP contribution >= 0.6 is 0 Å². The number of fused-ring (bicyclic) bond motifs is 1. The van der Waals surface area contributed by atoms with Gasteiger partial charge in [-0.25, -0.2) is 9.67 Å². The van der Waals surface area contributed by atoms with Crippen molar-refractivity contribution in [3.8, 4) is 5.75 Å². The van der Waals surface area contributed by atoms with E-state index in [9.17, 15) is 18.3 Å². The summed E-state index contributed by atoms with van der Waals surface area (Å²) in [6.45, 7) is 0. The van der Waals surface area contributed by atoms with Crippen molar-refractivity contribution in [3.05, 3.63) is 119 Å². The maximum Gasteiger partial charge on any atom is 0.418 e. The molecule has 2 atom stereocenters. The van der Waals surface area contributed by atoms with Gasteiger partial charge in [-0.15, -0.1) is 0 Å². The first-order valence-electron chi connectivity index (χ1n) is 11.1. The fourth-order valence-electron chi connectivity index (χ4n) is 4.35. The first-order chi connectivity index (χ1) is 17.4. The van der Waals surface area contributed by atoms with E-state index < -0.39 is 29.6 Å². The Labute approximate surface area is 204 Å². The van der Waals surface area contributed by atoms with Crippen molar-refractivity contribution in [1.82, 2.24) is 19.7 Å². The molecular formula is C27H21F3N4O2. The molecule has 36 heavy (non-hydrogen) atoms. The molecule has 0 aliphatic carbocycles. The number of nitrogens with zero attached hydrogens (tertiary/aromatic N) is 4.